The molecule has 0 saturated carbocycles. The van der Waals surface area contributed by atoms with Crippen molar-refractivity contribution in [1.82, 2.24) is 0 Å². The van der Waals surface area contributed by atoms with Gasteiger partial charge in [0.25, 0.3) is 0 Å². The van der Waals surface area contributed by atoms with E-state index in [-0.39, 0.29) is 13.3 Å². The van der Waals surface area contributed by atoms with Gasteiger partial charge in [0.15, 0.2) is 0 Å². The Labute approximate surface area is 202 Å². The molecule has 2 aliphatic rings. The summed E-state index contributed by atoms with van der Waals surface area (Å²) >= 11 is 1.76. The van der Waals surface area contributed by atoms with Crippen LogP contribution < -0.4 is 5.32 Å². The van der Waals surface area contributed by atoms with Crippen molar-refractivity contribution in [2.75, 3.05) is 19.5 Å². The molecule has 2 aromatic carbocycles. The van der Waals surface area contributed by atoms with E-state index in [9.17, 15) is 0 Å². The first-order chi connectivity index (χ1) is 15.8. The van der Waals surface area contributed by atoms with Crippen LogP contribution in [0.25, 0.3) is 0 Å². The first-order valence-electron chi connectivity index (χ1n) is 10.5. The lowest BCUT2D eigenvalue weighted by molar-refractivity contribution is 0.285. The number of rotatable bonds is 6. The molecule has 0 fully saturated rings. The molecule has 4 nitrogen and oxygen atoms in total. The summed E-state index contributed by atoms with van der Waals surface area (Å²) in [6, 6.07) is 19.0. The van der Waals surface area contributed by atoms with Gasteiger partial charge in [-0.15, -0.1) is 30.0 Å². The third-order valence-electron chi connectivity index (χ3n) is 5.16. The largest absolute Gasteiger partial charge is 0.501 e. The lowest BCUT2D eigenvalue weighted by Gasteiger charge is -2.16. The minimum atomic E-state index is 0. The normalized spacial score (nSPS) is 16.6. The highest BCUT2D eigenvalue weighted by Crippen LogP contribution is 2.35. The molecule has 0 radical (unpaired) electrons. The van der Waals surface area contributed by atoms with Gasteiger partial charge in [-0.2, -0.15) is 5.10 Å². The van der Waals surface area contributed by atoms with Crippen LogP contribution >= 0.6 is 11.8 Å². The molecule has 172 valence electrons. The second kappa shape index (κ2) is 13.3. The quantitative estimate of drug-likeness (QED) is 0.459. The molecule has 0 bridgehead atoms. The lowest BCUT2D eigenvalue weighted by atomic mass is 9.90. The summed E-state index contributed by atoms with van der Waals surface area (Å²) in [6.45, 7) is 6.00. The van der Waals surface area contributed by atoms with Crippen LogP contribution in [0.1, 0.15) is 30.9 Å². The van der Waals surface area contributed by atoms with Crippen LogP contribution in [-0.4, -0.2) is 24.9 Å². The molecule has 4 rings (SSSR count). The van der Waals surface area contributed by atoms with Gasteiger partial charge >= 0.3 is 0 Å². The van der Waals surface area contributed by atoms with Crippen molar-refractivity contribution in [3.8, 4) is 0 Å². The van der Waals surface area contributed by atoms with E-state index in [1.165, 1.54) is 11.1 Å². The SMILES string of the molecule is C.C=C.CNc1ccc(CSC2=NN=C(C3=CC=C(OC)CC=C3)C2c2ccccc2)cc1. The summed E-state index contributed by atoms with van der Waals surface area (Å²) in [4.78, 5) is 0. The molecule has 5 heteroatoms. The van der Waals surface area contributed by atoms with E-state index in [2.05, 4.69) is 95.4 Å². The molecular formula is C28H33N3OS. The number of anilines is 1. The molecule has 1 atom stereocenters. The topological polar surface area (TPSA) is 46.0 Å². The number of allylic oxidation sites excluding steroid dienone is 5. The summed E-state index contributed by atoms with van der Waals surface area (Å²) in [5, 5.41) is 13.4. The fourth-order valence-corrected chi connectivity index (χ4v) is 4.49. The summed E-state index contributed by atoms with van der Waals surface area (Å²) < 4.78 is 5.41. The van der Waals surface area contributed by atoms with Crippen molar-refractivity contribution in [3.05, 3.63) is 115 Å². The van der Waals surface area contributed by atoms with Crippen molar-refractivity contribution in [2.45, 2.75) is 25.5 Å². The Morgan fingerprint density at radius 2 is 1.76 bits per heavy atom. The molecule has 0 spiro atoms. The number of benzene rings is 2. The van der Waals surface area contributed by atoms with Crippen molar-refractivity contribution >= 4 is 28.2 Å². The Morgan fingerprint density at radius 1 is 1.03 bits per heavy atom. The highest BCUT2D eigenvalue weighted by Gasteiger charge is 2.31. The summed E-state index contributed by atoms with van der Waals surface area (Å²) in [6.07, 6.45) is 9.13. The minimum Gasteiger partial charge on any atom is -0.501 e. The smallest absolute Gasteiger partial charge is 0.110 e. The van der Waals surface area contributed by atoms with Crippen LogP contribution in [0.15, 0.2) is 114 Å². The highest BCUT2D eigenvalue weighted by molar-refractivity contribution is 8.13. The van der Waals surface area contributed by atoms with Crippen molar-refractivity contribution in [3.63, 3.8) is 0 Å². The molecule has 0 saturated heterocycles. The highest BCUT2D eigenvalue weighted by atomic mass is 32.2. The van der Waals surface area contributed by atoms with Gasteiger partial charge < -0.3 is 10.1 Å². The molecule has 1 N–H and O–H groups in total. The Kier molecular flexibility index (Phi) is 10.4. The van der Waals surface area contributed by atoms with E-state index >= 15 is 0 Å². The van der Waals surface area contributed by atoms with E-state index in [1.807, 2.05) is 19.2 Å². The zero-order chi connectivity index (χ0) is 22.8. The number of nitrogens with one attached hydrogen (secondary N) is 1. The van der Waals surface area contributed by atoms with Crippen LogP contribution in [0.3, 0.4) is 0 Å². The zero-order valence-corrected chi connectivity index (χ0v) is 19.4. The average Bonchev–Trinajstić information content (AvgIpc) is 3.14. The van der Waals surface area contributed by atoms with Crippen LogP contribution in [0, 0.1) is 0 Å². The standard InChI is InChI=1S/C25H25N3OS.C2H4.CH4/c1-26-21-14-11-18(12-15-21)17-30-25-23(19-7-4-3-5-8-19)24(27-28-25)20-9-6-10-22(29-2)16-13-20;1-2;/h3-9,11-16,23,26H,10,17H2,1-2H3;1-2H2;1H4. The molecule has 0 aromatic heterocycles. The predicted octanol–water partition coefficient (Wildman–Crippen LogP) is 7.37. The van der Waals surface area contributed by atoms with Crippen molar-refractivity contribution in [1.29, 1.82) is 0 Å². The van der Waals surface area contributed by atoms with Gasteiger partial charge in [-0.05, 0) is 41.0 Å². The van der Waals surface area contributed by atoms with E-state index in [1.54, 1.807) is 18.9 Å². The van der Waals surface area contributed by atoms with E-state index < -0.39 is 0 Å². The average molecular weight is 460 g/mol. The molecule has 1 heterocycles. The van der Waals surface area contributed by atoms with E-state index in [4.69, 9.17) is 4.74 Å². The maximum atomic E-state index is 5.41. The summed E-state index contributed by atoms with van der Waals surface area (Å²) in [7, 11) is 3.64. The van der Waals surface area contributed by atoms with Gasteiger partial charge in [-0.25, -0.2) is 0 Å². The number of hydrogen-bond donors (Lipinski definition) is 1. The van der Waals surface area contributed by atoms with Crippen LogP contribution in [-0.2, 0) is 10.5 Å². The number of ether oxygens (including phenoxy) is 1. The molecule has 0 amide bonds. The second-order valence-corrected chi connectivity index (χ2v) is 8.06. The Balaban J connectivity index is 0.00000125. The fraction of sp³-hybridized carbons (Fsp3) is 0.214. The number of methoxy groups -OCH3 is 1. The molecular weight excluding hydrogens is 426 g/mol. The van der Waals surface area contributed by atoms with Gasteiger partial charge in [0.2, 0.25) is 0 Å². The second-order valence-electron chi connectivity index (χ2n) is 7.07. The minimum absolute atomic E-state index is 0. The first-order valence-corrected chi connectivity index (χ1v) is 11.5. The molecule has 1 aliphatic heterocycles. The molecule has 1 unspecified atom stereocenters. The van der Waals surface area contributed by atoms with Crippen molar-refractivity contribution in [2.24, 2.45) is 10.2 Å². The summed E-state index contributed by atoms with van der Waals surface area (Å²) in [5.41, 5.74) is 5.65. The van der Waals surface area contributed by atoms with Gasteiger partial charge in [0, 0.05) is 24.9 Å². The zero-order valence-electron chi connectivity index (χ0n) is 18.6. The maximum absolute atomic E-state index is 5.41. The number of hydrogen-bond acceptors (Lipinski definition) is 5. The van der Waals surface area contributed by atoms with Gasteiger partial charge in [-0.3, -0.25) is 0 Å². The molecule has 1 aliphatic carbocycles. The van der Waals surface area contributed by atoms with Gasteiger partial charge in [-0.1, -0.05) is 62.0 Å². The Hall–Kier alpha value is -3.31. The first kappa shape index (κ1) is 25.9. The molecule has 2 aromatic rings. The fourth-order valence-electron chi connectivity index (χ4n) is 3.47. The Bertz CT molecular complexity index is 1050. The monoisotopic (exact) mass is 459 g/mol. The third-order valence-corrected chi connectivity index (χ3v) is 6.25. The van der Waals surface area contributed by atoms with Crippen LogP contribution in [0.4, 0.5) is 5.69 Å². The Morgan fingerprint density at radius 3 is 2.42 bits per heavy atom. The number of thioether (sulfide) groups is 1. The van der Waals surface area contributed by atoms with Crippen LogP contribution in [0.2, 0.25) is 0 Å². The van der Waals surface area contributed by atoms with Crippen molar-refractivity contribution < 1.29 is 4.74 Å². The predicted molar refractivity (Wildman–Crippen MR) is 146 cm³/mol. The van der Waals surface area contributed by atoms with E-state index in [0.717, 1.165) is 39.9 Å². The lowest BCUT2D eigenvalue weighted by Crippen LogP contribution is -2.17. The third kappa shape index (κ3) is 6.59. The van der Waals surface area contributed by atoms with Gasteiger partial charge in [0.1, 0.15) is 5.04 Å². The molecule has 33 heavy (non-hydrogen) atoms. The number of nitrogens with zero attached hydrogens (tertiary/aromatic N) is 2. The van der Waals surface area contributed by atoms with Gasteiger partial charge in [0.05, 0.1) is 24.5 Å². The van der Waals surface area contributed by atoms with Crippen LogP contribution in [0.5, 0.6) is 0 Å². The summed E-state index contributed by atoms with van der Waals surface area (Å²) in [5.74, 6) is 1.84. The maximum Gasteiger partial charge on any atom is 0.110 e. The van der Waals surface area contributed by atoms with E-state index in [0.29, 0.717) is 0 Å².